The molecule has 0 spiro atoms. The van der Waals surface area contributed by atoms with Crippen LogP contribution in [0.15, 0.2) is 40.9 Å². The van der Waals surface area contributed by atoms with Crippen LogP contribution in [-0.2, 0) is 16.9 Å². The number of nitrogens with one attached hydrogen (secondary N) is 1. The first-order valence-corrected chi connectivity index (χ1v) is 6.62. The van der Waals surface area contributed by atoms with Crippen molar-refractivity contribution in [2.24, 2.45) is 0 Å². The van der Waals surface area contributed by atoms with Crippen molar-refractivity contribution in [1.82, 2.24) is 15.4 Å². The Morgan fingerprint density at radius 3 is 2.62 bits per heavy atom. The molecule has 6 heteroatoms. The van der Waals surface area contributed by atoms with Crippen molar-refractivity contribution in [2.75, 3.05) is 0 Å². The van der Waals surface area contributed by atoms with Gasteiger partial charge < -0.3 is 9.84 Å². The van der Waals surface area contributed by atoms with Gasteiger partial charge in [0.25, 0.3) is 5.91 Å². The highest BCUT2D eigenvalue weighted by molar-refractivity contribution is 6.07. The normalized spacial score (nSPS) is 21.7. The Morgan fingerprint density at radius 2 is 2.00 bits per heavy atom. The highest BCUT2D eigenvalue weighted by Gasteiger charge is 2.49. The van der Waals surface area contributed by atoms with Crippen LogP contribution in [0.4, 0.5) is 4.79 Å². The zero-order valence-electron chi connectivity index (χ0n) is 11.8. The Kier molecular flexibility index (Phi) is 3.01. The molecule has 0 unspecified atom stereocenters. The molecule has 2 heterocycles. The molecule has 1 aliphatic rings. The smallest absolute Gasteiger partial charge is 0.325 e. The van der Waals surface area contributed by atoms with Gasteiger partial charge in [-0.3, -0.25) is 9.69 Å². The number of hydrogen-bond acceptors (Lipinski definition) is 4. The minimum atomic E-state index is -1.04. The monoisotopic (exact) mass is 285 g/mol. The molecule has 108 valence electrons. The quantitative estimate of drug-likeness (QED) is 0.875. The summed E-state index contributed by atoms with van der Waals surface area (Å²) in [6.07, 6.45) is 0. The van der Waals surface area contributed by atoms with Gasteiger partial charge in [0.15, 0.2) is 0 Å². The first kappa shape index (κ1) is 13.4. The second kappa shape index (κ2) is 4.73. The number of rotatable bonds is 3. The van der Waals surface area contributed by atoms with Crippen LogP contribution in [0.1, 0.15) is 23.9 Å². The lowest BCUT2D eigenvalue weighted by Crippen LogP contribution is -2.40. The molecule has 0 saturated carbocycles. The molecule has 1 aliphatic heterocycles. The van der Waals surface area contributed by atoms with Crippen LogP contribution in [0.2, 0.25) is 0 Å². The minimum Gasteiger partial charge on any atom is -0.361 e. The molecule has 1 aromatic carbocycles. The van der Waals surface area contributed by atoms with Crippen molar-refractivity contribution in [3.63, 3.8) is 0 Å². The molecule has 21 heavy (non-hydrogen) atoms. The molecule has 1 atom stereocenters. The molecular formula is C15H15N3O3. The van der Waals surface area contributed by atoms with Crippen LogP contribution in [0, 0.1) is 6.92 Å². The van der Waals surface area contributed by atoms with Gasteiger partial charge in [-0.2, -0.15) is 0 Å². The highest BCUT2D eigenvalue weighted by Crippen LogP contribution is 2.29. The molecule has 1 aromatic heterocycles. The summed E-state index contributed by atoms with van der Waals surface area (Å²) < 4.78 is 4.96. The predicted molar refractivity (Wildman–Crippen MR) is 74.1 cm³/mol. The number of carbonyl (C=O) groups is 2. The van der Waals surface area contributed by atoms with Crippen molar-refractivity contribution in [3.8, 4) is 0 Å². The number of carbonyl (C=O) groups excluding carboxylic acids is 2. The fourth-order valence-corrected chi connectivity index (χ4v) is 2.46. The zero-order valence-corrected chi connectivity index (χ0v) is 11.8. The van der Waals surface area contributed by atoms with E-state index in [9.17, 15) is 9.59 Å². The van der Waals surface area contributed by atoms with Gasteiger partial charge >= 0.3 is 6.03 Å². The molecule has 0 radical (unpaired) electrons. The average Bonchev–Trinajstić information content (AvgIpc) is 2.98. The van der Waals surface area contributed by atoms with Gasteiger partial charge in [0, 0.05) is 6.07 Å². The van der Waals surface area contributed by atoms with Gasteiger partial charge in [-0.05, 0) is 19.4 Å². The molecule has 2 aromatic rings. The topological polar surface area (TPSA) is 75.4 Å². The molecule has 1 saturated heterocycles. The largest absolute Gasteiger partial charge is 0.361 e. The van der Waals surface area contributed by atoms with Gasteiger partial charge in [-0.15, -0.1) is 0 Å². The molecule has 0 bridgehead atoms. The molecule has 3 rings (SSSR count). The van der Waals surface area contributed by atoms with Gasteiger partial charge in [-0.25, -0.2) is 4.79 Å². The second-order valence-electron chi connectivity index (χ2n) is 5.24. The molecule has 6 nitrogen and oxygen atoms in total. The molecule has 3 amide bonds. The Morgan fingerprint density at radius 1 is 1.29 bits per heavy atom. The van der Waals surface area contributed by atoms with E-state index >= 15 is 0 Å². The zero-order chi connectivity index (χ0) is 15.0. The number of hydrogen-bond donors (Lipinski definition) is 1. The SMILES string of the molecule is Cc1cc(CN2C(=O)N[C@@](C)(c3ccccc3)C2=O)no1. The van der Waals surface area contributed by atoms with Crippen molar-refractivity contribution in [3.05, 3.63) is 53.4 Å². The van der Waals surface area contributed by atoms with Crippen molar-refractivity contribution < 1.29 is 14.1 Å². The molecular weight excluding hydrogens is 270 g/mol. The number of aromatic nitrogens is 1. The van der Waals surface area contributed by atoms with Crippen LogP contribution in [-0.4, -0.2) is 22.0 Å². The first-order valence-electron chi connectivity index (χ1n) is 6.62. The van der Waals surface area contributed by atoms with Crippen molar-refractivity contribution >= 4 is 11.9 Å². The van der Waals surface area contributed by atoms with Crippen LogP contribution in [0.5, 0.6) is 0 Å². The van der Waals surface area contributed by atoms with E-state index in [1.165, 1.54) is 0 Å². The van der Waals surface area contributed by atoms with Crippen molar-refractivity contribution in [1.29, 1.82) is 0 Å². The summed E-state index contributed by atoms with van der Waals surface area (Å²) >= 11 is 0. The maximum Gasteiger partial charge on any atom is 0.325 e. The summed E-state index contributed by atoms with van der Waals surface area (Å²) in [5.41, 5.74) is 0.257. The number of amides is 3. The molecule has 0 aliphatic carbocycles. The third kappa shape index (κ3) is 2.18. The van der Waals surface area contributed by atoms with Gasteiger partial charge in [0.2, 0.25) is 0 Å². The summed E-state index contributed by atoms with van der Waals surface area (Å²) in [5.74, 6) is 0.349. The van der Waals surface area contributed by atoms with Crippen LogP contribution >= 0.6 is 0 Å². The predicted octanol–water partition coefficient (Wildman–Crippen LogP) is 1.95. The van der Waals surface area contributed by atoms with E-state index in [-0.39, 0.29) is 12.5 Å². The number of imide groups is 1. The third-order valence-electron chi connectivity index (χ3n) is 3.62. The van der Waals surface area contributed by atoms with Crippen LogP contribution in [0.25, 0.3) is 0 Å². The van der Waals surface area contributed by atoms with Crippen LogP contribution in [0.3, 0.4) is 0 Å². The van der Waals surface area contributed by atoms with E-state index < -0.39 is 11.6 Å². The van der Waals surface area contributed by atoms with Gasteiger partial charge in [0.05, 0.1) is 6.54 Å². The maximum absolute atomic E-state index is 12.6. The van der Waals surface area contributed by atoms with E-state index in [1.807, 2.05) is 30.3 Å². The number of benzene rings is 1. The first-order chi connectivity index (χ1) is 10.0. The summed E-state index contributed by atoms with van der Waals surface area (Å²) in [5, 5.41) is 6.57. The summed E-state index contributed by atoms with van der Waals surface area (Å²) in [6.45, 7) is 3.57. The van der Waals surface area contributed by atoms with Crippen LogP contribution < -0.4 is 5.32 Å². The lowest BCUT2D eigenvalue weighted by Gasteiger charge is -2.21. The number of aryl methyl sites for hydroxylation is 1. The summed E-state index contributed by atoms with van der Waals surface area (Å²) in [7, 11) is 0. The van der Waals surface area contributed by atoms with E-state index in [0.29, 0.717) is 11.5 Å². The number of urea groups is 1. The average molecular weight is 285 g/mol. The Hall–Kier alpha value is -2.63. The van der Waals surface area contributed by atoms with E-state index in [4.69, 9.17) is 4.52 Å². The summed E-state index contributed by atoms with van der Waals surface area (Å²) in [6, 6.07) is 10.5. The minimum absolute atomic E-state index is 0.102. The van der Waals surface area contributed by atoms with E-state index in [1.54, 1.807) is 19.9 Å². The van der Waals surface area contributed by atoms with E-state index in [0.717, 1.165) is 10.5 Å². The Bertz CT molecular complexity index is 695. The fraction of sp³-hybridized carbons (Fsp3) is 0.267. The maximum atomic E-state index is 12.6. The Balaban J connectivity index is 1.88. The van der Waals surface area contributed by atoms with Gasteiger partial charge in [-0.1, -0.05) is 35.5 Å². The highest BCUT2D eigenvalue weighted by atomic mass is 16.5. The van der Waals surface area contributed by atoms with E-state index in [2.05, 4.69) is 10.5 Å². The fourth-order valence-electron chi connectivity index (χ4n) is 2.46. The third-order valence-corrected chi connectivity index (χ3v) is 3.62. The van der Waals surface area contributed by atoms with Gasteiger partial charge in [0.1, 0.15) is 17.0 Å². The second-order valence-corrected chi connectivity index (χ2v) is 5.24. The molecule has 1 fully saturated rings. The molecule has 1 N–H and O–H groups in total. The lowest BCUT2D eigenvalue weighted by molar-refractivity contribution is -0.131. The van der Waals surface area contributed by atoms with Crippen molar-refractivity contribution in [2.45, 2.75) is 25.9 Å². The Labute approximate surface area is 121 Å². The standard InChI is InChI=1S/C15H15N3O3/c1-10-8-12(17-21-10)9-18-13(19)15(2,16-14(18)20)11-6-4-3-5-7-11/h3-8H,9H2,1-2H3,(H,16,20)/t15-/m0/s1. The number of nitrogens with zero attached hydrogens (tertiary/aromatic N) is 2. The lowest BCUT2D eigenvalue weighted by atomic mass is 9.92. The summed E-state index contributed by atoms with van der Waals surface area (Å²) in [4.78, 5) is 25.9.